The van der Waals surface area contributed by atoms with E-state index in [1.54, 1.807) is 48.5 Å². The van der Waals surface area contributed by atoms with Crippen LogP contribution in [0, 0.1) is 20.8 Å². The summed E-state index contributed by atoms with van der Waals surface area (Å²) in [4.78, 5) is 13.2. The van der Waals surface area contributed by atoms with Gasteiger partial charge in [-0.05, 0) is 74.7 Å². The van der Waals surface area contributed by atoms with Crippen LogP contribution < -0.4 is 5.43 Å². The van der Waals surface area contributed by atoms with Crippen LogP contribution in [0.2, 0.25) is 0 Å². The second-order valence-electron chi connectivity index (χ2n) is 12.1. The normalized spacial score (nSPS) is 12.2. The molecular formula is C38H40N4O6S2. The Morgan fingerprint density at radius 1 is 0.660 bits per heavy atom. The van der Waals surface area contributed by atoms with Gasteiger partial charge < -0.3 is 4.42 Å². The molecule has 0 atom stereocenters. The summed E-state index contributed by atoms with van der Waals surface area (Å²) in [5.41, 5.74) is 7.08. The molecular weight excluding hydrogens is 673 g/mol. The molecule has 5 rings (SSSR count). The molecule has 50 heavy (non-hydrogen) atoms. The van der Waals surface area contributed by atoms with E-state index in [0.29, 0.717) is 12.2 Å². The van der Waals surface area contributed by atoms with Crippen molar-refractivity contribution in [2.24, 2.45) is 5.10 Å². The summed E-state index contributed by atoms with van der Waals surface area (Å²) in [6.45, 7) is 5.45. The first-order chi connectivity index (χ1) is 23.9. The third-order valence-corrected chi connectivity index (χ3v) is 11.7. The van der Waals surface area contributed by atoms with Crippen LogP contribution in [-0.4, -0.2) is 50.7 Å². The van der Waals surface area contributed by atoms with Gasteiger partial charge in [0, 0.05) is 13.1 Å². The fourth-order valence-electron chi connectivity index (χ4n) is 5.11. The van der Waals surface area contributed by atoms with Crippen molar-refractivity contribution in [3.05, 3.63) is 155 Å². The molecule has 4 aromatic carbocycles. The summed E-state index contributed by atoms with van der Waals surface area (Å²) < 4.78 is 62.9. The van der Waals surface area contributed by atoms with Crippen LogP contribution in [-0.2, 0) is 44.4 Å². The number of sulfonamides is 2. The Balaban J connectivity index is 1.27. The fraction of sp³-hybridized carbons (Fsp3) is 0.211. The van der Waals surface area contributed by atoms with Gasteiger partial charge in [-0.2, -0.15) is 13.7 Å². The summed E-state index contributed by atoms with van der Waals surface area (Å²) in [5, 5.41) is 3.98. The first kappa shape index (κ1) is 36.4. The van der Waals surface area contributed by atoms with Crippen molar-refractivity contribution in [1.29, 1.82) is 0 Å². The Bertz CT molecular complexity index is 2130. The molecule has 5 aromatic rings. The van der Waals surface area contributed by atoms with Crippen molar-refractivity contribution in [1.82, 2.24) is 14.0 Å². The highest BCUT2D eigenvalue weighted by molar-refractivity contribution is 7.89. The van der Waals surface area contributed by atoms with Crippen LogP contribution in [0.5, 0.6) is 0 Å². The molecule has 0 fully saturated rings. The summed E-state index contributed by atoms with van der Waals surface area (Å²) >= 11 is 0. The molecule has 0 bridgehead atoms. The minimum atomic E-state index is -3.98. The van der Waals surface area contributed by atoms with E-state index in [4.69, 9.17) is 4.42 Å². The average molecular weight is 713 g/mol. The zero-order chi connectivity index (χ0) is 35.7. The SMILES string of the molecule is Cc1ccc(CN(Cc2ccc(/C=N\NC(=O)CN(CCc3ccccc3)S(=O)(=O)c3ccc(C)cc3)o2)S(=O)(=O)c2ccc(C)cc2)cc1. The van der Waals surface area contributed by atoms with Crippen molar-refractivity contribution >= 4 is 32.2 Å². The first-order valence-corrected chi connectivity index (χ1v) is 18.9. The maximum atomic E-state index is 13.7. The first-order valence-electron chi connectivity index (χ1n) is 16.0. The zero-order valence-electron chi connectivity index (χ0n) is 28.2. The predicted octanol–water partition coefficient (Wildman–Crippen LogP) is 5.98. The average Bonchev–Trinajstić information content (AvgIpc) is 3.55. The number of hydrogen-bond acceptors (Lipinski definition) is 7. The highest BCUT2D eigenvalue weighted by Gasteiger charge is 2.27. The number of nitrogens with one attached hydrogen (secondary N) is 1. The number of rotatable bonds is 15. The molecule has 1 N–H and O–H groups in total. The van der Waals surface area contributed by atoms with Gasteiger partial charge in [0.05, 0.1) is 29.1 Å². The van der Waals surface area contributed by atoms with Gasteiger partial charge in [-0.3, -0.25) is 4.79 Å². The third-order valence-electron chi connectivity index (χ3n) is 8.01. The molecule has 0 saturated heterocycles. The molecule has 12 heteroatoms. The molecule has 1 heterocycles. The number of carbonyl (C=O) groups is 1. The standard InChI is InChI=1S/C38H40N4O6S2/c1-29-9-15-33(16-10-29)26-42(50(46,47)37-21-13-31(3)14-22-37)27-35-18-17-34(48-35)25-39-40-38(43)28-41(24-23-32-7-5-4-6-8-32)49(44,45)36-19-11-30(2)12-20-36/h4-22,25H,23-24,26-28H2,1-3H3,(H,40,43)/b39-25-. The van der Waals surface area contributed by atoms with Gasteiger partial charge in [-0.25, -0.2) is 22.3 Å². The molecule has 0 saturated carbocycles. The Hall–Kier alpha value is -4.88. The Morgan fingerprint density at radius 2 is 1.20 bits per heavy atom. The van der Waals surface area contributed by atoms with Gasteiger partial charge in [0.15, 0.2) is 0 Å². The molecule has 10 nitrogen and oxygen atoms in total. The monoisotopic (exact) mass is 712 g/mol. The molecule has 0 aliphatic heterocycles. The van der Waals surface area contributed by atoms with E-state index in [1.807, 2.05) is 75.4 Å². The lowest BCUT2D eigenvalue weighted by Gasteiger charge is -2.22. The van der Waals surface area contributed by atoms with E-state index in [-0.39, 0.29) is 35.2 Å². The van der Waals surface area contributed by atoms with Crippen molar-refractivity contribution in [3.8, 4) is 0 Å². The summed E-state index contributed by atoms with van der Waals surface area (Å²) in [6.07, 6.45) is 1.70. The molecule has 1 aromatic heterocycles. The second kappa shape index (κ2) is 16.2. The molecule has 0 aliphatic carbocycles. The lowest BCUT2D eigenvalue weighted by molar-refractivity contribution is -0.121. The highest BCUT2D eigenvalue weighted by atomic mass is 32.2. The smallest absolute Gasteiger partial charge is 0.255 e. The number of hydrogen-bond donors (Lipinski definition) is 1. The minimum absolute atomic E-state index is 0.0441. The van der Waals surface area contributed by atoms with Crippen LogP contribution >= 0.6 is 0 Å². The number of carbonyl (C=O) groups excluding carboxylic acids is 1. The van der Waals surface area contributed by atoms with E-state index >= 15 is 0 Å². The number of benzene rings is 4. The van der Waals surface area contributed by atoms with Crippen LogP contribution in [0.15, 0.2) is 135 Å². The Labute approximate surface area is 294 Å². The summed E-state index contributed by atoms with van der Waals surface area (Å²) in [7, 11) is -7.86. The van der Waals surface area contributed by atoms with Crippen LogP contribution in [0.25, 0.3) is 0 Å². The van der Waals surface area contributed by atoms with Gasteiger partial charge in [0.2, 0.25) is 20.0 Å². The van der Waals surface area contributed by atoms with Crippen molar-refractivity contribution < 1.29 is 26.0 Å². The van der Waals surface area contributed by atoms with Gasteiger partial charge >= 0.3 is 0 Å². The van der Waals surface area contributed by atoms with Crippen LogP contribution in [0.4, 0.5) is 0 Å². The van der Waals surface area contributed by atoms with E-state index < -0.39 is 32.5 Å². The number of aryl methyl sites for hydroxylation is 3. The van der Waals surface area contributed by atoms with E-state index in [2.05, 4.69) is 10.5 Å². The van der Waals surface area contributed by atoms with Gasteiger partial charge in [0.25, 0.3) is 5.91 Å². The topological polar surface area (TPSA) is 129 Å². The van der Waals surface area contributed by atoms with Crippen LogP contribution in [0.3, 0.4) is 0 Å². The fourth-order valence-corrected chi connectivity index (χ4v) is 7.90. The summed E-state index contributed by atoms with van der Waals surface area (Å²) in [6, 6.07) is 33.5. The summed E-state index contributed by atoms with van der Waals surface area (Å²) in [5.74, 6) is 0.0126. The number of furan rings is 1. The van der Waals surface area contributed by atoms with Crippen molar-refractivity contribution in [3.63, 3.8) is 0 Å². The minimum Gasteiger partial charge on any atom is -0.459 e. The predicted molar refractivity (Wildman–Crippen MR) is 193 cm³/mol. The molecule has 1 amide bonds. The Morgan fingerprint density at radius 3 is 1.78 bits per heavy atom. The molecule has 260 valence electrons. The molecule has 0 unspecified atom stereocenters. The zero-order valence-corrected chi connectivity index (χ0v) is 29.8. The number of amides is 1. The van der Waals surface area contributed by atoms with E-state index in [9.17, 15) is 21.6 Å². The van der Waals surface area contributed by atoms with E-state index in [1.165, 1.54) is 22.7 Å². The largest absolute Gasteiger partial charge is 0.459 e. The number of nitrogens with zero attached hydrogens (tertiary/aromatic N) is 3. The van der Waals surface area contributed by atoms with Crippen molar-refractivity contribution in [2.45, 2.75) is 50.1 Å². The van der Waals surface area contributed by atoms with Crippen molar-refractivity contribution in [2.75, 3.05) is 13.1 Å². The number of hydrazone groups is 1. The van der Waals surface area contributed by atoms with Gasteiger partial charge in [-0.15, -0.1) is 0 Å². The van der Waals surface area contributed by atoms with Gasteiger partial charge in [-0.1, -0.05) is 95.6 Å². The lowest BCUT2D eigenvalue weighted by atomic mass is 10.1. The third kappa shape index (κ3) is 9.63. The molecule has 0 spiro atoms. The van der Waals surface area contributed by atoms with Gasteiger partial charge in [0.1, 0.15) is 11.5 Å². The highest BCUT2D eigenvalue weighted by Crippen LogP contribution is 2.23. The molecule has 0 radical (unpaired) electrons. The molecule has 0 aliphatic rings. The second-order valence-corrected chi connectivity index (χ2v) is 15.9. The lowest BCUT2D eigenvalue weighted by Crippen LogP contribution is -2.40. The van der Waals surface area contributed by atoms with Crippen LogP contribution in [0.1, 0.15) is 39.3 Å². The maximum Gasteiger partial charge on any atom is 0.255 e. The maximum absolute atomic E-state index is 13.7. The Kier molecular flexibility index (Phi) is 11.8. The van der Waals surface area contributed by atoms with E-state index in [0.717, 1.165) is 32.1 Å². The quantitative estimate of drug-likeness (QED) is 0.105.